The molecule has 29 heavy (non-hydrogen) atoms. The molecule has 5 rings (SSSR count). The molecule has 0 bridgehead atoms. The number of ether oxygens (including phenoxy) is 1. The van der Waals surface area contributed by atoms with Crippen LogP contribution < -0.4 is 10.1 Å². The Hall–Kier alpha value is -3.43. The first-order chi connectivity index (χ1) is 14.1. The summed E-state index contributed by atoms with van der Waals surface area (Å²) in [4.78, 5) is 22.9. The van der Waals surface area contributed by atoms with Crippen molar-refractivity contribution in [3.63, 3.8) is 0 Å². The van der Waals surface area contributed by atoms with Crippen LogP contribution in [0.5, 0.6) is 5.88 Å². The molecule has 1 aliphatic carbocycles. The number of H-pyrrole nitrogens is 1. The molecule has 2 N–H and O–H groups in total. The minimum Gasteiger partial charge on any atom is -0.471 e. The van der Waals surface area contributed by atoms with Gasteiger partial charge in [-0.3, -0.25) is 14.6 Å². The Labute approximate surface area is 167 Å². The molecule has 150 valence electrons. The first-order valence-electron chi connectivity index (χ1n) is 9.69. The molecule has 4 heterocycles. The molecule has 0 unspecified atom stereocenters. The van der Waals surface area contributed by atoms with E-state index in [0.717, 1.165) is 25.1 Å². The summed E-state index contributed by atoms with van der Waals surface area (Å²) in [6.07, 6.45) is 8.59. The second kappa shape index (κ2) is 6.57. The third kappa shape index (κ3) is 3.10. The van der Waals surface area contributed by atoms with Crippen molar-refractivity contribution >= 4 is 28.6 Å². The van der Waals surface area contributed by atoms with Crippen LogP contribution in [0.15, 0.2) is 31.2 Å². The number of rotatable bonds is 6. The number of aromatic nitrogens is 6. The van der Waals surface area contributed by atoms with E-state index in [1.54, 1.807) is 17.3 Å². The molecular formula is C19H22N8O2. The van der Waals surface area contributed by atoms with Crippen molar-refractivity contribution in [3.8, 4) is 5.88 Å². The Bertz CT molecular complexity index is 1080. The van der Waals surface area contributed by atoms with Gasteiger partial charge < -0.3 is 15.0 Å². The zero-order valence-corrected chi connectivity index (χ0v) is 16.1. The number of fused-ring (bicyclic) bond motifs is 1. The molecule has 1 saturated carbocycles. The highest BCUT2D eigenvalue weighted by Gasteiger charge is 2.57. The molecule has 2 fully saturated rings. The number of hydrogen-bond donors (Lipinski definition) is 2. The van der Waals surface area contributed by atoms with E-state index in [4.69, 9.17) is 4.74 Å². The van der Waals surface area contributed by atoms with E-state index < -0.39 is 0 Å². The molecule has 3 aromatic rings. The summed E-state index contributed by atoms with van der Waals surface area (Å²) in [7, 11) is 0. The first-order valence-corrected chi connectivity index (χ1v) is 9.69. The highest BCUT2D eigenvalue weighted by molar-refractivity contribution is 5.87. The van der Waals surface area contributed by atoms with Gasteiger partial charge in [0.2, 0.25) is 17.7 Å². The molecule has 1 saturated heterocycles. The maximum absolute atomic E-state index is 12.1. The topological polar surface area (TPSA) is 114 Å². The van der Waals surface area contributed by atoms with Crippen molar-refractivity contribution < 1.29 is 9.53 Å². The smallest absolute Gasteiger partial charge is 0.246 e. The SMILES string of the molecule is C=CC(=O)N1C[C@H](Oc2nc(Nc3cnn(CC)c3)nc3[nH]ncc23)C2(CC2)C1. The van der Waals surface area contributed by atoms with E-state index in [2.05, 4.69) is 37.2 Å². The van der Waals surface area contributed by atoms with E-state index in [9.17, 15) is 4.79 Å². The molecule has 10 nitrogen and oxygen atoms in total. The summed E-state index contributed by atoms with van der Waals surface area (Å²) in [5, 5.41) is 15.1. The van der Waals surface area contributed by atoms with Crippen LogP contribution in [0.4, 0.5) is 11.6 Å². The average Bonchev–Trinajstić information content (AvgIpc) is 3.07. The fraction of sp³-hybridized carbons (Fsp3) is 0.421. The van der Waals surface area contributed by atoms with Gasteiger partial charge in [0.1, 0.15) is 11.5 Å². The van der Waals surface area contributed by atoms with Gasteiger partial charge in [0, 0.05) is 24.7 Å². The highest BCUT2D eigenvalue weighted by atomic mass is 16.5. The van der Waals surface area contributed by atoms with Gasteiger partial charge in [0.15, 0.2) is 5.65 Å². The van der Waals surface area contributed by atoms with E-state index in [1.165, 1.54) is 6.08 Å². The fourth-order valence-electron chi connectivity index (χ4n) is 3.86. The lowest BCUT2D eigenvalue weighted by atomic mass is 10.0. The number of anilines is 2. The van der Waals surface area contributed by atoms with Gasteiger partial charge in [-0.25, -0.2) is 0 Å². The van der Waals surface area contributed by atoms with Gasteiger partial charge in [-0.2, -0.15) is 20.2 Å². The lowest BCUT2D eigenvalue weighted by Crippen LogP contribution is -2.30. The number of amides is 1. The predicted molar refractivity (Wildman–Crippen MR) is 106 cm³/mol. The number of nitrogens with zero attached hydrogens (tertiary/aromatic N) is 6. The highest BCUT2D eigenvalue weighted by Crippen LogP contribution is 2.54. The second-order valence-corrected chi connectivity index (χ2v) is 7.59. The predicted octanol–water partition coefficient (Wildman–Crippen LogP) is 1.87. The normalized spacial score (nSPS) is 19.6. The lowest BCUT2D eigenvalue weighted by molar-refractivity contribution is -0.125. The molecule has 3 aromatic heterocycles. The lowest BCUT2D eigenvalue weighted by Gasteiger charge is -2.19. The Kier molecular flexibility index (Phi) is 4.00. The Balaban J connectivity index is 1.43. The third-order valence-electron chi connectivity index (χ3n) is 5.70. The molecular weight excluding hydrogens is 372 g/mol. The number of nitrogens with one attached hydrogen (secondary N) is 2. The van der Waals surface area contributed by atoms with Crippen LogP contribution in [-0.2, 0) is 11.3 Å². The van der Waals surface area contributed by atoms with E-state index in [-0.39, 0.29) is 17.4 Å². The minimum absolute atomic E-state index is 0.00946. The molecule has 0 radical (unpaired) electrons. The Morgan fingerprint density at radius 1 is 1.45 bits per heavy atom. The monoisotopic (exact) mass is 394 g/mol. The van der Waals surface area contributed by atoms with Gasteiger partial charge in [-0.1, -0.05) is 6.58 Å². The van der Waals surface area contributed by atoms with Crippen molar-refractivity contribution in [1.82, 2.24) is 34.8 Å². The zero-order valence-electron chi connectivity index (χ0n) is 16.1. The average molecular weight is 394 g/mol. The van der Waals surface area contributed by atoms with E-state index in [1.807, 2.05) is 17.8 Å². The molecule has 1 spiro atoms. The number of carbonyl (C=O) groups excluding carboxylic acids is 1. The number of hydrogen-bond acceptors (Lipinski definition) is 7. The van der Waals surface area contributed by atoms with Crippen LogP contribution in [0.2, 0.25) is 0 Å². The van der Waals surface area contributed by atoms with Crippen LogP contribution in [0, 0.1) is 5.41 Å². The first kappa shape index (κ1) is 17.7. The Morgan fingerprint density at radius 2 is 2.31 bits per heavy atom. The fourth-order valence-corrected chi connectivity index (χ4v) is 3.86. The van der Waals surface area contributed by atoms with Crippen LogP contribution in [-0.4, -0.2) is 59.9 Å². The summed E-state index contributed by atoms with van der Waals surface area (Å²) < 4.78 is 8.17. The number of carbonyl (C=O) groups is 1. The van der Waals surface area contributed by atoms with Crippen molar-refractivity contribution in [3.05, 3.63) is 31.2 Å². The van der Waals surface area contributed by atoms with Crippen molar-refractivity contribution in [2.75, 3.05) is 18.4 Å². The standard InChI is InChI=1S/C19H22N8O2/c1-3-15(28)26-10-14(19(11-26)5-6-19)29-17-13-8-20-25-16(13)23-18(24-17)22-12-7-21-27(4-2)9-12/h3,7-9,14H,1,4-6,10-11H2,2H3,(H2,20,22,23,24,25)/t14-/m0/s1. The molecule has 2 aliphatic rings. The molecule has 1 amide bonds. The van der Waals surface area contributed by atoms with Gasteiger partial charge in [-0.05, 0) is 25.8 Å². The molecule has 1 atom stereocenters. The van der Waals surface area contributed by atoms with Crippen LogP contribution in [0.1, 0.15) is 19.8 Å². The largest absolute Gasteiger partial charge is 0.471 e. The van der Waals surface area contributed by atoms with Crippen LogP contribution in [0.3, 0.4) is 0 Å². The van der Waals surface area contributed by atoms with Gasteiger partial charge in [0.25, 0.3) is 0 Å². The molecule has 0 aromatic carbocycles. The van der Waals surface area contributed by atoms with Crippen molar-refractivity contribution in [2.45, 2.75) is 32.4 Å². The van der Waals surface area contributed by atoms with Crippen LogP contribution >= 0.6 is 0 Å². The second-order valence-electron chi connectivity index (χ2n) is 7.59. The van der Waals surface area contributed by atoms with E-state index >= 15 is 0 Å². The van der Waals surface area contributed by atoms with E-state index in [0.29, 0.717) is 36.0 Å². The Morgan fingerprint density at radius 3 is 3.03 bits per heavy atom. The zero-order chi connectivity index (χ0) is 20.0. The van der Waals surface area contributed by atoms with Gasteiger partial charge in [0.05, 0.1) is 24.6 Å². The maximum Gasteiger partial charge on any atom is 0.246 e. The number of likely N-dealkylation sites (tertiary alicyclic amines) is 1. The van der Waals surface area contributed by atoms with Gasteiger partial charge >= 0.3 is 0 Å². The summed E-state index contributed by atoms with van der Waals surface area (Å²) >= 11 is 0. The van der Waals surface area contributed by atoms with Crippen molar-refractivity contribution in [2.24, 2.45) is 5.41 Å². The molecule has 10 heteroatoms. The molecule has 1 aliphatic heterocycles. The van der Waals surface area contributed by atoms with Crippen molar-refractivity contribution in [1.29, 1.82) is 0 Å². The maximum atomic E-state index is 12.1. The number of aryl methyl sites for hydroxylation is 1. The quantitative estimate of drug-likeness (QED) is 0.614. The minimum atomic E-state index is -0.116. The third-order valence-corrected chi connectivity index (χ3v) is 5.70. The summed E-state index contributed by atoms with van der Waals surface area (Å²) in [6.45, 7) is 7.62. The number of aromatic amines is 1. The summed E-state index contributed by atoms with van der Waals surface area (Å²) in [5.41, 5.74) is 1.39. The van der Waals surface area contributed by atoms with Crippen LogP contribution in [0.25, 0.3) is 11.0 Å². The van der Waals surface area contributed by atoms with Gasteiger partial charge in [-0.15, -0.1) is 0 Å². The summed E-state index contributed by atoms with van der Waals surface area (Å²) in [6, 6.07) is 0. The summed E-state index contributed by atoms with van der Waals surface area (Å²) in [5.74, 6) is 0.793.